The molecule has 0 unspecified atom stereocenters. The van der Waals surface area contributed by atoms with Crippen LogP contribution in [0.15, 0.2) is 24.3 Å². The number of ether oxygens (including phenoxy) is 1. The van der Waals surface area contributed by atoms with E-state index in [1.54, 1.807) is 0 Å². The van der Waals surface area contributed by atoms with Crippen LogP contribution in [0, 0.1) is 11.2 Å². The van der Waals surface area contributed by atoms with Gasteiger partial charge in [-0.3, -0.25) is 4.98 Å². The number of aliphatic hydroxyl groups excluding tert-OH is 1. The Hall–Kier alpha value is -2.07. The molecule has 2 aliphatic rings. The Labute approximate surface area is 248 Å². The standard InChI is InChI=1S/C33H45F4NO3Si/c1-19(2)29-28(30(39)21-10-11-22(23(34)16-21)33(35,36)37)26(20-12-14-40-15-13-20)27-24(38-29)17-32(6,7)18-25(27)41-42(8,9)31(3,4)5/h10-12,16,19,25,30,39H,13-15,17-18H2,1-9H3/t25-,30-/m0/s1. The molecule has 2 atom stereocenters. The van der Waals surface area contributed by atoms with Crippen LogP contribution in [0.1, 0.15) is 119 Å². The van der Waals surface area contributed by atoms with Crippen molar-refractivity contribution in [3.8, 4) is 0 Å². The highest BCUT2D eigenvalue weighted by Crippen LogP contribution is 2.51. The number of hydrogen-bond donors (Lipinski definition) is 1. The third-order valence-corrected chi connectivity index (χ3v) is 13.5. The zero-order valence-electron chi connectivity index (χ0n) is 26.3. The molecule has 9 heteroatoms. The fraction of sp³-hybridized carbons (Fsp3) is 0.606. The van der Waals surface area contributed by atoms with Gasteiger partial charge in [-0.1, -0.05) is 60.6 Å². The lowest BCUT2D eigenvalue weighted by atomic mass is 9.71. The van der Waals surface area contributed by atoms with E-state index in [1.807, 2.05) is 19.9 Å². The Morgan fingerprint density at radius 1 is 1.14 bits per heavy atom. The van der Waals surface area contributed by atoms with Crippen LogP contribution in [0.3, 0.4) is 0 Å². The molecule has 0 saturated heterocycles. The number of rotatable bonds is 6. The molecule has 2 aromatic rings. The number of alkyl halides is 3. The zero-order valence-corrected chi connectivity index (χ0v) is 27.3. The van der Waals surface area contributed by atoms with Gasteiger partial charge in [0.25, 0.3) is 0 Å². The van der Waals surface area contributed by atoms with Crippen molar-refractivity contribution in [1.29, 1.82) is 0 Å². The van der Waals surface area contributed by atoms with Crippen molar-refractivity contribution in [3.05, 3.63) is 69.3 Å². The first-order valence-electron chi connectivity index (χ1n) is 14.8. The predicted molar refractivity (Wildman–Crippen MR) is 160 cm³/mol. The van der Waals surface area contributed by atoms with Gasteiger partial charge in [-0.15, -0.1) is 0 Å². The fourth-order valence-corrected chi connectivity index (χ4v) is 7.11. The van der Waals surface area contributed by atoms with Crippen LogP contribution in [0.2, 0.25) is 18.1 Å². The minimum Gasteiger partial charge on any atom is -0.410 e. The Morgan fingerprint density at radius 2 is 1.81 bits per heavy atom. The van der Waals surface area contributed by atoms with Gasteiger partial charge < -0.3 is 14.3 Å². The number of fused-ring (bicyclic) bond motifs is 1. The van der Waals surface area contributed by atoms with E-state index in [1.165, 1.54) is 0 Å². The van der Waals surface area contributed by atoms with Crippen LogP contribution < -0.4 is 0 Å². The molecular formula is C33H45F4NO3Si. The number of aromatic nitrogens is 1. The minimum atomic E-state index is -4.83. The number of benzene rings is 1. The van der Waals surface area contributed by atoms with Gasteiger partial charge in [-0.25, -0.2) is 4.39 Å². The summed E-state index contributed by atoms with van der Waals surface area (Å²) in [6.45, 7) is 20.4. The summed E-state index contributed by atoms with van der Waals surface area (Å²) >= 11 is 0. The summed E-state index contributed by atoms with van der Waals surface area (Å²) in [5, 5.41) is 11.9. The molecule has 4 nitrogen and oxygen atoms in total. The van der Waals surface area contributed by atoms with Crippen molar-refractivity contribution in [3.63, 3.8) is 0 Å². The van der Waals surface area contributed by atoms with E-state index in [-0.39, 0.29) is 28.0 Å². The van der Waals surface area contributed by atoms with Gasteiger partial charge in [-0.05, 0) is 77.6 Å². The van der Waals surface area contributed by atoms with Crippen LogP contribution in [0.25, 0.3) is 5.57 Å². The monoisotopic (exact) mass is 607 g/mol. The summed E-state index contributed by atoms with van der Waals surface area (Å²) in [5.74, 6) is -1.52. The van der Waals surface area contributed by atoms with Crippen molar-refractivity contribution in [1.82, 2.24) is 4.98 Å². The molecule has 0 amide bonds. The predicted octanol–water partition coefficient (Wildman–Crippen LogP) is 9.28. The van der Waals surface area contributed by atoms with Gasteiger partial charge in [0, 0.05) is 22.5 Å². The number of aliphatic hydroxyl groups is 1. The molecule has 0 spiro atoms. The van der Waals surface area contributed by atoms with E-state index in [0.29, 0.717) is 37.0 Å². The molecule has 0 fully saturated rings. The van der Waals surface area contributed by atoms with E-state index < -0.39 is 32.0 Å². The zero-order chi connectivity index (χ0) is 31.4. The first-order valence-corrected chi connectivity index (χ1v) is 17.7. The second-order valence-electron chi connectivity index (χ2n) is 14.4. The summed E-state index contributed by atoms with van der Waals surface area (Å²) in [5.41, 5.74) is 3.48. The number of halogens is 4. The Morgan fingerprint density at radius 3 is 2.33 bits per heavy atom. The number of pyridine rings is 1. The molecule has 0 radical (unpaired) electrons. The normalized spacial score (nSPS) is 20.4. The van der Waals surface area contributed by atoms with Crippen LogP contribution in [-0.2, 0) is 21.8 Å². The quantitative estimate of drug-likeness (QED) is 0.263. The van der Waals surface area contributed by atoms with E-state index in [9.17, 15) is 22.7 Å². The average molecular weight is 608 g/mol. The molecule has 232 valence electrons. The summed E-state index contributed by atoms with van der Waals surface area (Å²) in [7, 11) is -2.26. The van der Waals surface area contributed by atoms with Crippen LogP contribution in [0.4, 0.5) is 17.6 Å². The van der Waals surface area contributed by atoms with Gasteiger partial charge in [0.15, 0.2) is 8.32 Å². The summed E-state index contributed by atoms with van der Waals surface area (Å²) in [6, 6.07) is 2.66. The summed E-state index contributed by atoms with van der Waals surface area (Å²) in [4.78, 5) is 5.18. The first kappa shape index (κ1) is 32.8. The van der Waals surface area contributed by atoms with Crippen molar-refractivity contribution >= 4 is 13.9 Å². The van der Waals surface area contributed by atoms with Gasteiger partial charge in [0.1, 0.15) is 11.9 Å². The van der Waals surface area contributed by atoms with E-state index in [2.05, 4.69) is 47.7 Å². The minimum absolute atomic E-state index is 0.0434. The largest absolute Gasteiger partial charge is 0.419 e. The molecule has 0 bridgehead atoms. The van der Waals surface area contributed by atoms with E-state index in [0.717, 1.165) is 47.4 Å². The average Bonchev–Trinajstić information content (AvgIpc) is 2.85. The first-order chi connectivity index (χ1) is 19.2. The SMILES string of the molecule is CC(C)c1nc2c(c(C3=CCOCC3)c1[C@@H](O)c1ccc(C(F)(F)F)c(F)c1)[C@@H](O[Si](C)(C)C(C)(C)C)CC(C)(C)C2. The molecular weight excluding hydrogens is 562 g/mol. The highest BCUT2D eigenvalue weighted by molar-refractivity contribution is 6.74. The van der Waals surface area contributed by atoms with Gasteiger partial charge in [0.05, 0.1) is 24.9 Å². The molecule has 1 aromatic heterocycles. The molecule has 42 heavy (non-hydrogen) atoms. The third-order valence-electron chi connectivity index (χ3n) is 9.05. The highest BCUT2D eigenvalue weighted by Gasteiger charge is 2.45. The maximum absolute atomic E-state index is 14.8. The number of hydrogen-bond acceptors (Lipinski definition) is 4. The van der Waals surface area contributed by atoms with Gasteiger partial charge in [0.2, 0.25) is 0 Å². The smallest absolute Gasteiger partial charge is 0.410 e. The second kappa shape index (κ2) is 11.5. The van der Waals surface area contributed by atoms with Crippen molar-refractivity contribution in [2.24, 2.45) is 5.41 Å². The molecule has 2 heterocycles. The molecule has 1 N–H and O–H groups in total. The van der Waals surface area contributed by atoms with Crippen molar-refractivity contribution in [2.75, 3.05) is 13.2 Å². The van der Waals surface area contributed by atoms with E-state index >= 15 is 0 Å². The lowest BCUT2D eigenvalue weighted by molar-refractivity contribution is -0.140. The Balaban J connectivity index is 2.03. The lowest BCUT2D eigenvalue weighted by Crippen LogP contribution is -2.44. The van der Waals surface area contributed by atoms with Crippen molar-refractivity contribution in [2.45, 2.75) is 110 Å². The fourth-order valence-electron chi connectivity index (χ4n) is 5.84. The van der Waals surface area contributed by atoms with Gasteiger partial charge in [-0.2, -0.15) is 13.2 Å². The maximum Gasteiger partial charge on any atom is 0.419 e. The van der Waals surface area contributed by atoms with Crippen LogP contribution >= 0.6 is 0 Å². The maximum atomic E-state index is 14.8. The number of nitrogens with zero attached hydrogens (tertiary/aromatic N) is 1. The van der Waals surface area contributed by atoms with Gasteiger partial charge >= 0.3 is 6.18 Å². The summed E-state index contributed by atoms with van der Waals surface area (Å²) < 4.78 is 67.6. The Bertz CT molecular complexity index is 1360. The highest BCUT2D eigenvalue weighted by atomic mass is 28.4. The van der Waals surface area contributed by atoms with Crippen LogP contribution in [-0.4, -0.2) is 31.6 Å². The topological polar surface area (TPSA) is 51.6 Å². The molecule has 4 rings (SSSR count). The second-order valence-corrected chi connectivity index (χ2v) is 19.2. The lowest BCUT2D eigenvalue weighted by Gasteiger charge is -2.45. The molecule has 1 aliphatic carbocycles. The third kappa shape index (κ3) is 6.54. The molecule has 1 aromatic carbocycles. The Kier molecular flexibility index (Phi) is 8.95. The summed E-state index contributed by atoms with van der Waals surface area (Å²) in [6.07, 6.45) is -2.41. The molecule has 1 aliphatic heterocycles. The van der Waals surface area contributed by atoms with E-state index in [4.69, 9.17) is 14.1 Å². The molecule has 0 saturated carbocycles. The van der Waals surface area contributed by atoms with Crippen LogP contribution in [0.5, 0.6) is 0 Å². The van der Waals surface area contributed by atoms with Crippen molar-refractivity contribution < 1.29 is 31.8 Å².